The molecule has 0 radical (unpaired) electrons. The summed E-state index contributed by atoms with van der Waals surface area (Å²) < 4.78 is 0. The van der Waals surface area contributed by atoms with E-state index in [2.05, 4.69) is 5.32 Å². The molecule has 0 atom stereocenters. The van der Waals surface area contributed by atoms with Gasteiger partial charge in [-0.2, -0.15) is 0 Å². The van der Waals surface area contributed by atoms with E-state index in [-0.39, 0.29) is 5.91 Å². The first-order valence-electron chi connectivity index (χ1n) is 5.91. The van der Waals surface area contributed by atoms with Gasteiger partial charge >= 0.3 is 0 Å². The molecule has 0 aromatic heterocycles. The van der Waals surface area contributed by atoms with Gasteiger partial charge in [-0.3, -0.25) is 4.79 Å². The monoisotopic (exact) mass is 274 g/mol. The molecule has 0 heterocycles. The van der Waals surface area contributed by atoms with Crippen molar-refractivity contribution in [2.45, 2.75) is 13.8 Å². The van der Waals surface area contributed by atoms with E-state index in [0.29, 0.717) is 16.3 Å². The standard InChI is InChI=1S/C15H15ClN2O/c1-9-3-5-12(7-10(9)2)18-15(19)13-8-11(16)4-6-14(13)17/h3-8H,17H2,1-2H3,(H,18,19). The van der Waals surface area contributed by atoms with Gasteiger partial charge in [0, 0.05) is 16.4 Å². The molecular formula is C15H15ClN2O. The number of nitrogens with one attached hydrogen (secondary N) is 1. The van der Waals surface area contributed by atoms with Crippen LogP contribution in [0.2, 0.25) is 5.02 Å². The Labute approximate surface area is 117 Å². The van der Waals surface area contributed by atoms with Crippen LogP contribution in [-0.2, 0) is 0 Å². The molecule has 3 N–H and O–H groups in total. The van der Waals surface area contributed by atoms with Crippen molar-refractivity contribution in [3.05, 3.63) is 58.1 Å². The fraction of sp³-hybridized carbons (Fsp3) is 0.133. The van der Waals surface area contributed by atoms with Crippen molar-refractivity contribution >= 4 is 28.9 Å². The Morgan fingerprint density at radius 1 is 1.11 bits per heavy atom. The highest BCUT2D eigenvalue weighted by atomic mass is 35.5. The van der Waals surface area contributed by atoms with Crippen LogP contribution in [-0.4, -0.2) is 5.91 Å². The van der Waals surface area contributed by atoms with Gasteiger partial charge < -0.3 is 11.1 Å². The van der Waals surface area contributed by atoms with Crippen molar-refractivity contribution in [3.63, 3.8) is 0 Å². The maximum absolute atomic E-state index is 12.1. The van der Waals surface area contributed by atoms with Gasteiger partial charge in [-0.1, -0.05) is 17.7 Å². The van der Waals surface area contributed by atoms with Crippen LogP contribution >= 0.6 is 11.6 Å². The van der Waals surface area contributed by atoms with E-state index in [4.69, 9.17) is 17.3 Å². The first kappa shape index (κ1) is 13.4. The van der Waals surface area contributed by atoms with E-state index in [0.717, 1.165) is 11.3 Å². The van der Waals surface area contributed by atoms with Gasteiger partial charge in [0.2, 0.25) is 0 Å². The summed E-state index contributed by atoms with van der Waals surface area (Å²) in [5.41, 5.74) is 9.61. The predicted octanol–water partition coefficient (Wildman–Crippen LogP) is 3.79. The molecule has 4 heteroatoms. The Balaban J connectivity index is 2.25. The topological polar surface area (TPSA) is 55.1 Å². The van der Waals surface area contributed by atoms with Crippen molar-refractivity contribution in [1.29, 1.82) is 0 Å². The molecule has 2 aromatic rings. The van der Waals surface area contributed by atoms with Crippen molar-refractivity contribution < 1.29 is 4.79 Å². The summed E-state index contributed by atoms with van der Waals surface area (Å²) in [4.78, 5) is 12.1. The van der Waals surface area contributed by atoms with Crippen LogP contribution in [0.15, 0.2) is 36.4 Å². The lowest BCUT2D eigenvalue weighted by Crippen LogP contribution is -2.14. The van der Waals surface area contributed by atoms with Crippen LogP contribution in [0.25, 0.3) is 0 Å². The molecule has 0 saturated carbocycles. The zero-order valence-corrected chi connectivity index (χ0v) is 11.6. The summed E-state index contributed by atoms with van der Waals surface area (Å²) in [5.74, 6) is -0.261. The molecule has 0 unspecified atom stereocenters. The zero-order valence-electron chi connectivity index (χ0n) is 10.8. The summed E-state index contributed by atoms with van der Waals surface area (Å²) in [6.45, 7) is 4.02. The van der Waals surface area contributed by atoms with Gasteiger partial charge in [-0.25, -0.2) is 0 Å². The lowest BCUT2D eigenvalue weighted by Gasteiger charge is -2.09. The van der Waals surface area contributed by atoms with Gasteiger partial charge in [-0.05, 0) is 55.3 Å². The average Bonchev–Trinajstić information content (AvgIpc) is 2.36. The number of hydrogen-bond acceptors (Lipinski definition) is 2. The lowest BCUT2D eigenvalue weighted by atomic mass is 10.1. The summed E-state index contributed by atoms with van der Waals surface area (Å²) in [6, 6.07) is 10.6. The van der Waals surface area contributed by atoms with Gasteiger partial charge in [0.1, 0.15) is 0 Å². The molecule has 0 aliphatic rings. The summed E-state index contributed by atoms with van der Waals surface area (Å²) >= 11 is 5.87. The van der Waals surface area contributed by atoms with E-state index in [1.165, 1.54) is 5.56 Å². The third kappa shape index (κ3) is 3.06. The third-order valence-electron chi connectivity index (χ3n) is 3.02. The molecule has 2 aromatic carbocycles. The number of halogens is 1. The van der Waals surface area contributed by atoms with E-state index in [1.54, 1.807) is 18.2 Å². The number of nitrogen functional groups attached to an aromatic ring is 1. The summed E-state index contributed by atoms with van der Waals surface area (Å²) in [7, 11) is 0. The zero-order chi connectivity index (χ0) is 14.0. The SMILES string of the molecule is Cc1ccc(NC(=O)c2cc(Cl)ccc2N)cc1C. The average molecular weight is 275 g/mol. The number of anilines is 2. The van der Waals surface area contributed by atoms with Crippen LogP contribution in [0, 0.1) is 13.8 Å². The highest BCUT2D eigenvalue weighted by Gasteiger charge is 2.10. The first-order valence-corrected chi connectivity index (χ1v) is 6.29. The van der Waals surface area contributed by atoms with Crippen molar-refractivity contribution in [1.82, 2.24) is 0 Å². The predicted molar refractivity (Wildman–Crippen MR) is 79.7 cm³/mol. The molecule has 0 aliphatic heterocycles. The normalized spacial score (nSPS) is 10.3. The fourth-order valence-electron chi connectivity index (χ4n) is 1.74. The van der Waals surface area contributed by atoms with Crippen LogP contribution < -0.4 is 11.1 Å². The van der Waals surface area contributed by atoms with E-state index < -0.39 is 0 Å². The molecule has 0 bridgehead atoms. The Bertz CT molecular complexity index is 638. The second-order valence-corrected chi connectivity index (χ2v) is 4.92. The van der Waals surface area contributed by atoms with Crippen LogP contribution in [0.4, 0.5) is 11.4 Å². The number of nitrogens with two attached hydrogens (primary N) is 1. The number of hydrogen-bond donors (Lipinski definition) is 2. The third-order valence-corrected chi connectivity index (χ3v) is 3.26. The maximum Gasteiger partial charge on any atom is 0.257 e. The molecule has 0 aliphatic carbocycles. The van der Waals surface area contributed by atoms with Crippen LogP contribution in [0.5, 0.6) is 0 Å². The van der Waals surface area contributed by atoms with Gasteiger partial charge in [0.05, 0.1) is 5.56 Å². The number of rotatable bonds is 2. The molecule has 0 saturated heterocycles. The molecule has 1 amide bonds. The lowest BCUT2D eigenvalue weighted by molar-refractivity contribution is 0.102. The minimum absolute atomic E-state index is 0.261. The second kappa shape index (κ2) is 5.33. The number of carbonyl (C=O) groups is 1. The van der Waals surface area contributed by atoms with Crippen molar-refractivity contribution in [2.75, 3.05) is 11.1 Å². The van der Waals surface area contributed by atoms with Gasteiger partial charge in [0.15, 0.2) is 0 Å². The van der Waals surface area contributed by atoms with Crippen molar-refractivity contribution in [3.8, 4) is 0 Å². The molecule has 0 spiro atoms. The molecule has 19 heavy (non-hydrogen) atoms. The van der Waals surface area contributed by atoms with Gasteiger partial charge in [0.25, 0.3) is 5.91 Å². The van der Waals surface area contributed by atoms with Crippen molar-refractivity contribution in [2.24, 2.45) is 0 Å². The molecular weight excluding hydrogens is 260 g/mol. The first-order chi connectivity index (χ1) is 8.97. The minimum Gasteiger partial charge on any atom is -0.398 e. The number of amides is 1. The molecule has 0 fully saturated rings. The summed E-state index contributed by atoms with van der Waals surface area (Å²) in [6.07, 6.45) is 0. The smallest absolute Gasteiger partial charge is 0.257 e. The molecule has 98 valence electrons. The Hall–Kier alpha value is -2.00. The quantitative estimate of drug-likeness (QED) is 0.819. The number of aryl methyl sites for hydroxylation is 2. The molecule has 3 nitrogen and oxygen atoms in total. The van der Waals surface area contributed by atoms with E-state index >= 15 is 0 Å². The van der Waals surface area contributed by atoms with Crippen LogP contribution in [0.3, 0.4) is 0 Å². The van der Waals surface area contributed by atoms with E-state index in [9.17, 15) is 4.79 Å². The second-order valence-electron chi connectivity index (χ2n) is 4.48. The maximum atomic E-state index is 12.1. The minimum atomic E-state index is -0.261. The summed E-state index contributed by atoms with van der Waals surface area (Å²) in [5, 5.41) is 3.30. The Morgan fingerprint density at radius 3 is 2.53 bits per heavy atom. The fourth-order valence-corrected chi connectivity index (χ4v) is 1.91. The number of benzene rings is 2. The molecule has 2 rings (SSSR count). The Kier molecular flexibility index (Phi) is 3.76. The van der Waals surface area contributed by atoms with Gasteiger partial charge in [-0.15, -0.1) is 0 Å². The largest absolute Gasteiger partial charge is 0.398 e. The Morgan fingerprint density at radius 2 is 1.84 bits per heavy atom. The highest BCUT2D eigenvalue weighted by Crippen LogP contribution is 2.20. The number of carbonyl (C=O) groups excluding carboxylic acids is 1. The van der Waals surface area contributed by atoms with E-state index in [1.807, 2.05) is 32.0 Å². The van der Waals surface area contributed by atoms with Crippen LogP contribution in [0.1, 0.15) is 21.5 Å². The highest BCUT2D eigenvalue weighted by molar-refractivity contribution is 6.31.